The van der Waals surface area contributed by atoms with E-state index in [1.165, 1.54) is 0 Å². The standard InChI is InChI=1S/C9H18O3/c1-8(10)7-9(2)12-6-4-5-11-3/h9H,4-7H2,1-3H3. The first-order valence-corrected chi connectivity index (χ1v) is 4.26. The van der Waals surface area contributed by atoms with E-state index >= 15 is 0 Å². The fraction of sp³-hybridized carbons (Fsp3) is 0.889. The van der Waals surface area contributed by atoms with Crippen molar-refractivity contribution in [3.8, 4) is 0 Å². The average Bonchev–Trinajstić information content (AvgIpc) is 1.97. The van der Waals surface area contributed by atoms with Crippen molar-refractivity contribution >= 4 is 5.78 Å². The van der Waals surface area contributed by atoms with E-state index in [1.807, 2.05) is 6.92 Å². The summed E-state index contributed by atoms with van der Waals surface area (Å²) in [5.74, 6) is 0.175. The van der Waals surface area contributed by atoms with Gasteiger partial charge in [0, 0.05) is 26.7 Å². The van der Waals surface area contributed by atoms with E-state index in [0.717, 1.165) is 6.42 Å². The van der Waals surface area contributed by atoms with Gasteiger partial charge in [0.25, 0.3) is 0 Å². The zero-order chi connectivity index (χ0) is 9.40. The minimum Gasteiger partial charge on any atom is -0.385 e. The van der Waals surface area contributed by atoms with Crippen LogP contribution in [0.3, 0.4) is 0 Å². The summed E-state index contributed by atoms with van der Waals surface area (Å²) in [5, 5.41) is 0. The number of methoxy groups -OCH3 is 1. The van der Waals surface area contributed by atoms with Gasteiger partial charge in [-0.15, -0.1) is 0 Å². The molecule has 0 radical (unpaired) electrons. The molecule has 0 spiro atoms. The van der Waals surface area contributed by atoms with Crippen LogP contribution in [0.25, 0.3) is 0 Å². The highest BCUT2D eigenvalue weighted by Gasteiger charge is 2.04. The summed E-state index contributed by atoms with van der Waals surface area (Å²) in [4.78, 5) is 10.6. The van der Waals surface area contributed by atoms with Crippen LogP contribution < -0.4 is 0 Å². The molecule has 0 bridgehead atoms. The number of rotatable bonds is 7. The van der Waals surface area contributed by atoms with Crippen molar-refractivity contribution in [1.29, 1.82) is 0 Å². The van der Waals surface area contributed by atoms with Crippen molar-refractivity contribution in [3.63, 3.8) is 0 Å². The van der Waals surface area contributed by atoms with Crippen molar-refractivity contribution in [2.24, 2.45) is 0 Å². The molecule has 0 rings (SSSR count). The minimum atomic E-state index is 0.0411. The molecule has 1 atom stereocenters. The Hall–Kier alpha value is -0.410. The van der Waals surface area contributed by atoms with Crippen LogP contribution in [0.15, 0.2) is 0 Å². The van der Waals surface area contributed by atoms with Crippen LogP contribution in [0.4, 0.5) is 0 Å². The topological polar surface area (TPSA) is 35.5 Å². The quantitative estimate of drug-likeness (QED) is 0.547. The molecule has 1 unspecified atom stereocenters. The Balaban J connectivity index is 3.19. The van der Waals surface area contributed by atoms with Gasteiger partial charge >= 0.3 is 0 Å². The Morgan fingerprint density at radius 3 is 2.58 bits per heavy atom. The summed E-state index contributed by atoms with van der Waals surface area (Å²) in [5.41, 5.74) is 0. The van der Waals surface area contributed by atoms with Gasteiger partial charge in [0.2, 0.25) is 0 Å². The molecule has 0 aliphatic carbocycles. The molecule has 12 heavy (non-hydrogen) atoms. The van der Waals surface area contributed by atoms with Gasteiger partial charge in [-0.1, -0.05) is 0 Å². The van der Waals surface area contributed by atoms with Crippen LogP contribution in [0.5, 0.6) is 0 Å². The molecule has 0 amide bonds. The van der Waals surface area contributed by atoms with Gasteiger partial charge in [0.1, 0.15) is 5.78 Å². The van der Waals surface area contributed by atoms with Crippen LogP contribution in [0, 0.1) is 0 Å². The first-order valence-electron chi connectivity index (χ1n) is 4.26. The summed E-state index contributed by atoms with van der Waals surface area (Å²) in [7, 11) is 1.67. The lowest BCUT2D eigenvalue weighted by Gasteiger charge is -2.10. The van der Waals surface area contributed by atoms with E-state index < -0.39 is 0 Å². The SMILES string of the molecule is COCCCOC(C)CC(C)=O. The highest BCUT2D eigenvalue weighted by molar-refractivity contribution is 5.75. The Morgan fingerprint density at radius 1 is 1.42 bits per heavy atom. The smallest absolute Gasteiger partial charge is 0.132 e. The predicted octanol–water partition coefficient (Wildman–Crippen LogP) is 1.41. The second-order valence-electron chi connectivity index (χ2n) is 2.93. The molecule has 0 aliphatic heterocycles. The molecular formula is C9H18O3. The van der Waals surface area contributed by atoms with E-state index in [2.05, 4.69) is 0 Å². The van der Waals surface area contributed by atoms with Crippen molar-refractivity contribution in [3.05, 3.63) is 0 Å². The third-order valence-corrected chi connectivity index (χ3v) is 1.47. The summed E-state index contributed by atoms with van der Waals surface area (Å²) in [6.07, 6.45) is 1.44. The zero-order valence-corrected chi connectivity index (χ0v) is 8.13. The molecule has 0 saturated heterocycles. The maximum atomic E-state index is 10.6. The lowest BCUT2D eigenvalue weighted by Crippen LogP contribution is -2.13. The number of ketones is 1. The maximum Gasteiger partial charge on any atom is 0.132 e. The summed E-state index contributed by atoms with van der Waals surface area (Å²) in [6.45, 7) is 4.87. The Morgan fingerprint density at radius 2 is 2.08 bits per heavy atom. The number of hydrogen-bond donors (Lipinski definition) is 0. The molecule has 0 aromatic carbocycles. The lowest BCUT2D eigenvalue weighted by atomic mass is 10.2. The van der Waals surface area contributed by atoms with Gasteiger partial charge in [-0.05, 0) is 20.3 Å². The van der Waals surface area contributed by atoms with E-state index in [-0.39, 0.29) is 11.9 Å². The van der Waals surface area contributed by atoms with E-state index in [4.69, 9.17) is 9.47 Å². The summed E-state index contributed by atoms with van der Waals surface area (Å²) < 4.78 is 10.2. The van der Waals surface area contributed by atoms with E-state index in [9.17, 15) is 4.79 Å². The highest BCUT2D eigenvalue weighted by Crippen LogP contribution is 1.98. The van der Waals surface area contributed by atoms with Gasteiger partial charge in [-0.3, -0.25) is 4.79 Å². The predicted molar refractivity (Wildman–Crippen MR) is 47.2 cm³/mol. The minimum absolute atomic E-state index is 0.0411. The van der Waals surface area contributed by atoms with E-state index in [0.29, 0.717) is 19.6 Å². The molecule has 0 aromatic heterocycles. The van der Waals surface area contributed by atoms with Crippen molar-refractivity contribution in [2.75, 3.05) is 20.3 Å². The number of ether oxygens (including phenoxy) is 2. The number of hydrogen-bond acceptors (Lipinski definition) is 3. The molecule has 3 heteroatoms. The first-order chi connectivity index (χ1) is 5.66. The van der Waals surface area contributed by atoms with Crippen molar-refractivity contribution < 1.29 is 14.3 Å². The molecule has 0 heterocycles. The highest BCUT2D eigenvalue weighted by atomic mass is 16.5. The Bertz CT molecular complexity index is 123. The third kappa shape index (κ3) is 7.69. The molecule has 0 saturated carbocycles. The largest absolute Gasteiger partial charge is 0.385 e. The molecular weight excluding hydrogens is 156 g/mol. The molecule has 3 nitrogen and oxygen atoms in total. The maximum absolute atomic E-state index is 10.6. The summed E-state index contributed by atoms with van der Waals surface area (Å²) in [6, 6.07) is 0. The second-order valence-corrected chi connectivity index (χ2v) is 2.93. The van der Waals surface area contributed by atoms with Gasteiger partial charge < -0.3 is 9.47 Å². The molecule has 72 valence electrons. The monoisotopic (exact) mass is 174 g/mol. The van der Waals surface area contributed by atoms with Gasteiger partial charge in [-0.2, -0.15) is 0 Å². The fourth-order valence-electron chi connectivity index (χ4n) is 0.952. The Kier molecular flexibility index (Phi) is 7.00. The Labute approximate surface area is 74.0 Å². The normalized spacial score (nSPS) is 12.9. The van der Waals surface area contributed by atoms with Gasteiger partial charge in [-0.25, -0.2) is 0 Å². The lowest BCUT2D eigenvalue weighted by molar-refractivity contribution is -0.119. The van der Waals surface area contributed by atoms with Crippen LogP contribution in [-0.4, -0.2) is 32.2 Å². The second kappa shape index (κ2) is 7.25. The fourth-order valence-corrected chi connectivity index (χ4v) is 0.952. The van der Waals surface area contributed by atoms with Crippen LogP contribution in [0.1, 0.15) is 26.7 Å². The molecule has 0 aromatic rings. The zero-order valence-electron chi connectivity index (χ0n) is 8.13. The van der Waals surface area contributed by atoms with E-state index in [1.54, 1.807) is 14.0 Å². The van der Waals surface area contributed by atoms with Gasteiger partial charge in [0.15, 0.2) is 0 Å². The summed E-state index contributed by atoms with van der Waals surface area (Å²) >= 11 is 0. The molecule has 0 fully saturated rings. The van der Waals surface area contributed by atoms with Crippen LogP contribution in [-0.2, 0) is 14.3 Å². The number of Topliss-reactive ketones (excluding diaryl/α,β-unsaturated/α-hetero) is 1. The molecule has 0 N–H and O–H groups in total. The van der Waals surface area contributed by atoms with Crippen molar-refractivity contribution in [1.82, 2.24) is 0 Å². The molecule has 0 aliphatic rings. The number of carbonyl (C=O) groups excluding carboxylic acids is 1. The van der Waals surface area contributed by atoms with Crippen molar-refractivity contribution in [2.45, 2.75) is 32.8 Å². The van der Waals surface area contributed by atoms with Crippen LogP contribution >= 0.6 is 0 Å². The number of carbonyl (C=O) groups is 1. The van der Waals surface area contributed by atoms with Gasteiger partial charge in [0.05, 0.1) is 6.10 Å². The third-order valence-electron chi connectivity index (χ3n) is 1.47. The van der Waals surface area contributed by atoms with Crippen LogP contribution in [0.2, 0.25) is 0 Å². The average molecular weight is 174 g/mol. The first kappa shape index (κ1) is 11.6.